The van der Waals surface area contributed by atoms with Gasteiger partial charge in [0, 0.05) is 31.5 Å². The van der Waals surface area contributed by atoms with Gasteiger partial charge in [-0.05, 0) is 18.1 Å². The second-order valence-electron chi connectivity index (χ2n) is 5.76. The van der Waals surface area contributed by atoms with E-state index in [1.165, 1.54) is 40.8 Å². The molecular formula is C15H20N6O4S2. The Balaban J connectivity index is 1.68. The van der Waals surface area contributed by atoms with Gasteiger partial charge in [-0.25, -0.2) is 9.80 Å². The number of thioether (sulfide) groups is 2. The number of hydrogen-bond donors (Lipinski definition) is 2. The molecule has 0 spiro atoms. The van der Waals surface area contributed by atoms with Crippen molar-refractivity contribution in [1.29, 1.82) is 0 Å². The van der Waals surface area contributed by atoms with Crippen LogP contribution in [0.2, 0.25) is 0 Å². The number of rotatable bonds is 6. The van der Waals surface area contributed by atoms with E-state index >= 15 is 0 Å². The maximum absolute atomic E-state index is 12.2. The summed E-state index contributed by atoms with van der Waals surface area (Å²) in [6.45, 7) is 1.99. The molecule has 2 N–H and O–H groups in total. The van der Waals surface area contributed by atoms with Crippen LogP contribution in [-0.4, -0.2) is 80.3 Å². The molecule has 1 saturated heterocycles. The van der Waals surface area contributed by atoms with Crippen LogP contribution in [0.25, 0.3) is 0 Å². The molecule has 0 radical (unpaired) electrons. The minimum absolute atomic E-state index is 0.0551. The number of hydrogen-bond acceptors (Lipinski definition) is 10. The van der Waals surface area contributed by atoms with Gasteiger partial charge < -0.3 is 9.84 Å². The number of allylic oxidation sites excluding steroid dienone is 1. The van der Waals surface area contributed by atoms with E-state index in [0.29, 0.717) is 22.2 Å². The number of hydrazine groups is 2. The van der Waals surface area contributed by atoms with E-state index in [4.69, 9.17) is 4.74 Å². The van der Waals surface area contributed by atoms with Gasteiger partial charge in [-0.2, -0.15) is 5.53 Å². The van der Waals surface area contributed by atoms with E-state index in [1.807, 2.05) is 6.92 Å². The summed E-state index contributed by atoms with van der Waals surface area (Å²) in [5.41, 5.74) is 3.48. The number of aliphatic carboxylic acids is 1. The summed E-state index contributed by atoms with van der Waals surface area (Å²) in [6.07, 6.45) is 2.04. The number of ether oxygens (including phenoxy) is 1. The molecule has 10 nitrogen and oxygen atoms in total. The second-order valence-corrected chi connectivity index (χ2v) is 7.81. The Hall–Kier alpha value is -2.14. The Morgan fingerprint density at radius 1 is 1.63 bits per heavy atom. The predicted molar refractivity (Wildman–Crippen MR) is 103 cm³/mol. The lowest BCUT2D eigenvalue weighted by atomic mass is 10.1. The molecule has 1 amide bonds. The van der Waals surface area contributed by atoms with Crippen molar-refractivity contribution in [1.82, 2.24) is 20.7 Å². The third-order valence-electron chi connectivity index (χ3n) is 4.07. The molecule has 0 aliphatic carbocycles. The first kappa shape index (κ1) is 19.6. The summed E-state index contributed by atoms with van der Waals surface area (Å²) >= 11 is 2.88. The number of methoxy groups -OCH3 is 1. The van der Waals surface area contributed by atoms with Crippen molar-refractivity contribution in [2.45, 2.75) is 24.8 Å². The maximum Gasteiger partial charge on any atom is 0.352 e. The fourth-order valence-corrected chi connectivity index (χ4v) is 5.12. The van der Waals surface area contributed by atoms with E-state index in [-0.39, 0.29) is 17.0 Å². The summed E-state index contributed by atoms with van der Waals surface area (Å²) in [4.78, 5) is 25.3. The molecule has 0 bridgehead atoms. The highest BCUT2D eigenvalue weighted by atomic mass is 32.2. The third kappa shape index (κ3) is 3.65. The van der Waals surface area contributed by atoms with Gasteiger partial charge in [0.25, 0.3) is 5.91 Å². The molecule has 0 aromatic rings. The lowest BCUT2D eigenvalue weighted by molar-refractivity contribution is -0.162. The fourth-order valence-electron chi connectivity index (χ4n) is 2.70. The van der Waals surface area contributed by atoms with Crippen LogP contribution in [0.5, 0.6) is 0 Å². The Morgan fingerprint density at radius 2 is 2.41 bits per heavy atom. The number of β-lactam (4-membered cyclic amide) rings is 1. The van der Waals surface area contributed by atoms with Crippen LogP contribution in [0.3, 0.4) is 0 Å². The molecule has 3 heterocycles. The number of fused-ring (bicyclic) bond motifs is 1. The molecule has 0 aromatic carbocycles. The first-order chi connectivity index (χ1) is 13.0. The molecule has 2 atom stereocenters. The van der Waals surface area contributed by atoms with Gasteiger partial charge in [-0.3, -0.25) is 9.69 Å². The highest BCUT2D eigenvalue weighted by Gasteiger charge is 2.53. The van der Waals surface area contributed by atoms with Gasteiger partial charge in [-0.1, -0.05) is 29.0 Å². The van der Waals surface area contributed by atoms with Crippen molar-refractivity contribution >= 4 is 46.4 Å². The van der Waals surface area contributed by atoms with Crippen LogP contribution in [0, 0.1) is 0 Å². The topological polar surface area (TPSA) is 110 Å². The summed E-state index contributed by atoms with van der Waals surface area (Å²) in [5.74, 6) is 2.29. The number of amidine groups is 1. The van der Waals surface area contributed by atoms with Crippen LogP contribution in [-0.2, 0) is 14.3 Å². The minimum atomic E-state index is -1.10. The van der Waals surface area contributed by atoms with Crippen LogP contribution in [0.1, 0.15) is 13.3 Å². The number of amides is 1. The number of hydrazone groups is 2. The van der Waals surface area contributed by atoms with Gasteiger partial charge >= 0.3 is 5.97 Å². The van der Waals surface area contributed by atoms with E-state index < -0.39 is 12.1 Å². The lowest BCUT2D eigenvalue weighted by Crippen LogP contribution is -2.65. The van der Waals surface area contributed by atoms with Gasteiger partial charge in [0.05, 0.1) is 0 Å². The average molecular weight is 412 g/mol. The van der Waals surface area contributed by atoms with Crippen molar-refractivity contribution in [3.05, 3.63) is 17.3 Å². The Morgan fingerprint density at radius 3 is 3.07 bits per heavy atom. The number of nitrogens with one attached hydrogen (secondary N) is 1. The van der Waals surface area contributed by atoms with Crippen LogP contribution in [0.15, 0.2) is 27.5 Å². The van der Waals surface area contributed by atoms with Crippen molar-refractivity contribution in [3.8, 4) is 0 Å². The smallest absolute Gasteiger partial charge is 0.352 e. The largest absolute Gasteiger partial charge is 0.477 e. The van der Waals surface area contributed by atoms with E-state index in [0.717, 1.165) is 6.42 Å². The fraction of sp³-hybridized carbons (Fsp3) is 0.533. The van der Waals surface area contributed by atoms with Gasteiger partial charge in [0.15, 0.2) is 6.10 Å². The van der Waals surface area contributed by atoms with E-state index in [2.05, 4.69) is 21.6 Å². The summed E-state index contributed by atoms with van der Waals surface area (Å²) in [6, 6.07) is 0. The molecular weight excluding hydrogens is 392 g/mol. The quantitative estimate of drug-likeness (QED) is 0.475. The Kier molecular flexibility index (Phi) is 6.00. The summed E-state index contributed by atoms with van der Waals surface area (Å²) in [5, 5.41) is 21.3. The van der Waals surface area contributed by atoms with Crippen LogP contribution in [0.4, 0.5) is 0 Å². The zero-order valence-corrected chi connectivity index (χ0v) is 16.7. The van der Waals surface area contributed by atoms with E-state index in [1.54, 1.807) is 18.1 Å². The monoisotopic (exact) mass is 412 g/mol. The number of carbonyl (C=O) groups is 2. The highest BCUT2D eigenvalue weighted by Crippen LogP contribution is 2.42. The Bertz CT molecular complexity index is 763. The maximum atomic E-state index is 12.2. The summed E-state index contributed by atoms with van der Waals surface area (Å²) < 4.78 is 5.15. The number of carboxylic acid groups (broad SMARTS) is 1. The minimum Gasteiger partial charge on any atom is -0.477 e. The highest BCUT2D eigenvalue weighted by molar-refractivity contribution is 8.14. The predicted octanol–water partition coefficient (Wildman–Crippen LogP) is 0.477. The van der Waals surface area contributed by atoms with Crippen molar-refractivity contribution in [3.63, 3.8) is 0 Å². The Labute approximate surface area is 164 Å². The first-order valence-electron chi connectivity index (χ1n) is 8.20. The van der Waals surface area contributed by atoms with Crippen molar-refractivity contribution < 1.29 is 19.4 Å². The molecule has 0 unspecified atom stereocenters. The number of carboxylic acids is 1. The van der Waals surface area contributed by atoms with Gasteiger partial charge in [-0.15, -0.1) is 16.9 Å². The average Bonchev–Trinajstić information content (AvgIpc) is 2.99. The molecule has 146 valence electrons. The standard InChI is InChI=1S/C15H20N6O4S2/c1-4-5-6-16-21-18-17-15(19(21)2)27-8-9-7-26-13-11(25-3)12(22)20(13)10(9)14(23)24/h5,11,13,18H,4,7-8H2,1-3H3,(H,23,24)/t11-,13+/m1/s1. The van der Waals surface area contributed by atoms with E-state index in [9.17, 15) is 14.7 Å². The molecule has 27 heavy (non-hydrogen) atoms. The third-order valence-corrected chi connectivity index (χ3v) is 6.50. The molecule has 0 aromatic heterocycles. The van der Waals surface area contributed by atoms with Gasteiger partial charge in [0.1, 0.15) is 11.1 Å². The van der Waals surface area contributed by atoms with Gasteiger partial charge in [0.2, 0.25) is 5.17 Å². The SMILES string of the molecule is CCC=C=NN1NN=C(SCC2=C(C(=O)O)N3C(=O)[C@@H](OC)[C@@H]3SC2)N1C. The molecule has 1 fully saturated rings. The molecule has 3 aliphatic heterocycles. The molecule has 3 aliphatic rings. The summed E-state index contributed by atoms with van der Waals surface area (Å²) in [7, 11) is 3.24. The molecule has 12 heteroatoms. The van der Waals surface area contributed by atoms with Crippen molar-refractivity contribution in [2.24, 2.45) is 10.2 Å². The first-order valence-corrected chi connectivity index (χ1v) is 10.2. The lowest BCUT2D eigenvalue weighted by Gasteiger charge is -2.48. The zero-order valence-electron chi connectivity index (χ0n) is 15.1. The normalized spacial score (nSPS) is 24.0. The van der Waals surface area contributed by atoms with Crippen LogP contribution >= 0.6 is 23.5 Å². The molecule has 3 rings (SSSR count). The zero-order chi connectivity index (χ0) is 19.6. The second kappa shape index (κ2) is 8.26. The van der Waals surface area contributed by atoms with Crippen molar-refractivity contribution in [2.75, 3.05) is 25.7 Å². The number of nitrogens with zero attached hydrogens (tertiary/aromatic N) is 5. The molecule has 0 saturated carbocycles. The van der Waals surface area contributed by atoms with Crippen LogP contribution < -0.4 is 5.53 Å². The number of carbonyl (C=O) groups excluding carboxylic acids is 1.